The molecule has 0 radical (unpaired) electrons. The number of ether oxygens (including phenoxy) is 1. The molecule has 124 valence electrons. The van der Waals surface area contributed by atoms with Crippen LogP contribution >= 0.6 is 0 Å². The van der Waals surface area contributed by atoms with E-state index in [4.69, 9.17) is 4.74 Å². The first-order valence-electron chi connectivity index (χ1n) is 6.87. The number of rotatable bonds is 6. The van der Waals surface area contributed by atoms with Gasteiger partial charge in [0.05, 0.1) is 25.5 Å². The van der Waals surface area contributed by atoms with Crippen LogP contribution in [0.15, 0.2) is 0 Å². The van der Waals surface area contributed by atoms with Gasteiger partial charge in [0.25, 0.3) is 0 Å². The molecule has 1 rings (SSSR count). The monoisotopic (exact) mass is 323 g/mol. The first-order valence-corrected chi connectivity index (χ1v) is 8.72. The van der Waals surface area contributed by atoms with Crippen LogP contribution in [0.3, 0.4) is 0 Å². The molecule has 21 heavy (non-hydrogen) atoms. The highest BCUT2D eigenvalue weighted by Crippen LogP contribution is 2.13. The van der Waals surface area contributed by atoms with Crippen LogP contribution in [0.4, 0.5) is 4.79 Å². The number of methoxy groups -OCH3 is 1. The van der Waals surface area contributed by atoms with Crippen molar-refractivity contribution in [3.63, 3.8) is 0 Å². The van der Waals surface area contributed by atoms with E-state index >= 15 is 0 Å². The summed E-state index contributed by atoms with van der Waals surface area (Å²) in [4.78, 5) is 13.4. The van der Waals surface area contributed by atoms with Crippen molar-refractivity contribution in [3.05, 3.63) is 0 Å². The number of hydrogen-bond acceptors (Lipinski definition) is 5. The number of aliphatic hydroxyl groups excluding tert-OH is 1. The molecule has 0 aromatic carbocycles. The number of aliphatic hydroxyl groups is 1. The number of nitrogens with zero attached hydrogens (tertiary/aromatic N) is 2. The summed E-state index contributed by atoms with van der Waals surface area (Å²) in [5.41, 5.74) is 0. The average Bonchev–Trinajstić information content (AvgIpc) is 2.38. The maximum Gasteiger partial charge on any atom is 0.317 e. The van der Waals surface area contributed by atoms with Gasteiger partial charge >= 0.3 is 6.03 Å². The fourth-order valence-corrected chi connectivity index (χ4v) is 3.13. The molecule has 0 bridgehead atoms. The fourth-order valence-electron chi connectivity index (χ4n) is 2.26. The summed E-state index contributed by atoms with van der Waals surface area (Å²) in [5, 5.41) is 12.4. The van der Waals surface area contributed by atoms with Crippen molar-refractivity contribution in [2.75, 3.05) is 46.7 Å². The Bertz CT molecular complexity index is 434. The largest absolute Gasteiger partial charge is 0.389 e. The molecule has 1 fully saturated rings. The summed E-state index contributed by atoms with van der Waals surface area (Å²) < 4.78 is 29.0. The molecule has 0 aromatic heterocycles. The number of carbonyl (C=O) groups is 1. The summed E-state index contributed by atoms with van der Waals surface area (Å²) >= 11 is 0. The third kappa shape index (κ3) is 6.16. The Morgan fingerprint density at radius 3 is 2.52 bits per heavy atom. The van der Waals surface area contributed by atoms with E-state index in [1.807, 2.05) is 0 Å². The minimum absolute atomic E-state index is 0.0440. The molecule has 9 heteroatoms. The number of urea groups is 1. The summed E-state index contributed by atoms with van der Waals surface area (Å²) in [6.07, 6.45) is 1.65. The highest BCUT2D eigenvalue weighted by Gasteiger charge is 2.26. The predicted octanol–water partition coefficient (Wildman–Crippen LogP) is -0.941. The quantitative estimate of drug-likeness (QED) is 0.657. The second-order valence-corrected chi connectivity index (χ2v) is 7.36. The summed E-state index contributed by atoms with van der Waals surface area (Å²) in [5.74, 6) is 0. The van der Waals surface area contributed by atoms with E-state index in [1.165, 1.54) is 22.6 Å². The number of sulfonamides is 1. The first kappa shape index (κ1) is 18.1. The maximum absolute atomic E-state index is 12.0. The van der Waals surface area contributed by atoms with Crippen LogP contribution < -0.4 is 5.32 Å². The third-order valence-electron chi connectivity index (χ3n) is 3.44. The van der Waals surface area contributed by atoms with Crippen LogP contribution in [0.25, 0.3) is 0 Å². The lowest BCUT2D eigenvalue weighted by Gasteiger charge is -2.32. The van der Waals surface area contributed by atoms with E-state index in [2.05, 4.69) is 5.32 Å². The van der Waals surface area contributed by atoms with Crippen LogP contribution in [-0.4, -0.2) is 87.6 Å². The van der Waals surface area contributed by atoms with Crippen LogP contribution in [0, 0.1) is 0 Å². The van der Waals surface area contributed by atoms with Crippen LogP contribution in [-0.2, 0) is 14.8 Å². The number of hydrogen-bond donors (Lipinski definition) is 2. The Hall–Kier alpha value is -0.900. The summed E-state index contributed by atoms with van der Waals surface area (Å²) in [6, 6.07) is -0.319. The maximum atomic E-state index is 12.0. The Labute approximate surface area is 126 Å². The van der Waals surface area contributed by atoms with Crippen molar-refractivity contribution in [3.8, 4) is 0 Å². The van der Waals surface area contributed by atoms with E-state index in [-0.39, 0.29) is 25.2 Å². The lowest BCUT2D eigenvalue weighted by Crippen LogP contribution is -2.50. The standard InChI is InChI=1S/C12H25N3O5S/c1-14(8-11(16)9-20-2)12(17)13-10-4-6-15(7-5-10)21(3,18)19/h10-11,16H,4-9H2,1-3H3,(H,13,17)/t11-/m0/s1. The lowest BCUT2D eigenvalue weighted by molar-refractivity contribution is 0.0485. The van der Waals surface area contributed by atoms with Gasteiger partial charge in [0, 0.05) is 33.3 Å². The molecule has 2 amide bonds. The molecule has 0 aliphatic carbocycles. The highest BCUT2D eigenvalue weighted by atomic mass is 32.2. The smallest absolute Gasteiger partial charge is 0.317 e. The molecule has 1 atom stereocenters. The van der Waals surface area contributed by atoms with Gasteiger partial charge in [0.2, 0.25) is 10.0 Å². The second kappa shape index (κ2) is 7.92. The summed E-state index contributed by atoms with van der Waals surface area (Å²) in [6.45, 7) is 1.19. The minimum Gasteiger partial charge on any atom is -0.389 e. The Morgan fingerprint density at radius 1 is 1.48 bits per heavy atom. The predicted molar refractivity (Wildman–Crippen MR) is 78.5 cm³/mol. The molecule has 0 unspecified atom stereocenters. The molecule has 0 aromatic rings. The van der Waals surface area contributed by atoms with Crippen molar-refractivity contribution in [1.29, 1.82) is 0 Å². The number of likely N-dealkylation sites (N-methyl/N-ethyl adjacent to an activating group) is 1. The van der Waals surface area contributed by atoms with Crippen LogP contribution in [0.5, 0.6) is 0 Å². The molecule has 0 saturated carbocycles. The minimum atomic E-state index is -3.15. The van der Waals surface area contributed by atoms with E-state index in [9.17, 15) is 18.3 Å². The van der Waals surface area contributed by atoms with Crippen molar-refractivity contribution in [2.45, 2.75) is 25.0 Å². The second-order valence-electron chi connectivity index (χ2n) is 5.38. The van der Waals surface area contributed by atoms with Gasteiger partial charge in [-0.15, -0.1) is 0 Å². The first-order chi connectivity index (χ1) is 9.74. The highest BCUT2D eigenvalue weighted by molar-refractivity contribution is 7.88. The normalized spacial score (nSPS) is 19.2. The van der Waals surface area contributed by atoms with Gasteiger partial charge in [-0.05, 0) is 12.8 Å². The zero-order valence-corrected chi connectivity index (χ0v) is 13.6. The number of carbonyl (C=O) groups excluding carboxylic acids is 1. The Morgan fingerprint density at radius 2 is 2.05 bits per heavy atom. The molecule has 1 aliphatic heterocycles. The zero-order valence-electron chi connectivity index (χ0n) is 12.8. The number of nitrogens with one attached hydrogen (secondary N) is 1. The van der Waals surface area contributed by atoms with Gasteiger partial charge in [0.15, 0.2) is 0 Å². The van der Waals surface area contributed by atoms with Gasteiger partial charge in [-0.25, -0.2) is 17.5 Å². The molecular formula is C12H25N3O5S. The van der Waals surface area contributed by atoms with E-state index < -0.39 is 16.1 Å². The van der Waals surface area contributed by atoms with Crippen molar-refractivity contribution >= 4 is 16.1 Å². The molecule has 2 N–H and O–H groups in total. The number of amides is 2. The summed E-state index contributed by atoms with van der Waals surface area (Å²) in [7, 11) is -0.0710. The average molecular weight is 323 g/mol. The topological polar surface area (TPSA) is 99.2 Å². The zero-order chi connectivity index (χ0) is 16.0. The molecule has 1 heterocycles. The molecule has 0 spiro atoms. The molecule has 1 saturated heterocycles. The Balaban J connectivity index is 2.36. The number of piperidine rings is 1. The van der Waals surface area contributed by atoms with Gasteiger partial charge in [-0.1, -0.05) is 0 Å². The van der Waals surface area contributed by atoms with Crippen LogP contribution in [0.2, 0.25) is 0 Å². The van der Waals surface area contributed by atoms with Crippen molar-refractivity contribution in [2.24, 2.45) is 0 Å². The van der Waals surface area contributed by atoms with E-state index in [1.54, 1.807) is 7.05 Å². The molecule has 1 aliphatic rings. The third-order valence-corrected chi connectivity index (χ3v) is 4.74. The van der Waals surface area contributed by atoms with E-state index in [0.29, 0.717) is 25.9 Å². The van der Waals surface area contributed by atoms with Gasteiger partial charge in [0.1, 0.15) is 0 Å². The van der Waals surface area contributed by atoms with Crippen molar-refractivity contribution < 1.29 is 23.1 Å². The van der Waals surface area contributed by atoms with Gasteiger partial charge in [-0.2, -0.15) is 0 Å². The van der Waals surface area contributed by atoms with E-state index in [0.717, 1.165) is 0 Å². The molecular weight excluding hydrogens is 298 g/mol. The van der Waals surface area contributed by atoms with Gasteiger partial charge in [-0.3, -0.25) is 0 Å². The van der Waals surface area contributed by atoms with Gasteiger partial charge < -0.3 is 20.1 Å². The molecule has 8 nitrogen and oxygen atoms in total. The lowest BCUT2D eigenvalue weighted by atomic mass is 10.1. The van der Waals surface area contributed by atoms with Crippen molar-refractivity contribution in [1.82, 2.24) is 14.5 Å². The van der Waals surface area contributed by atoms with Crippen LogP contribution in [0.1, 0.15) is 12.8 Å². The SMILES string of the molecule is COC[C@@H](O)CN(C)C(=O)NC1CCN(S(C)(=O)=O)CC1. The Kier molecular flexibility index (Phi) is 6.85. The fraction of sp³-hybridized carbons (Fsp3) is 0.917.